The highest BCUT2D eigenvalue weighted by molar-refractivity contribution is 6.23. The number of aliphatic hydroxyl groups is 2. The average molecular weight is 907 g/mol. The van der Waals surface area contributed by atoms with Crippen LogP contribution in [0.4, 0.5) is 16.4 Å². The van der Waals surface area contributed by atoms with Crippen LogP contribution >= 0.6 is 0 Å². The maximum absolute atomic E-state index is 16.4. The lowest BCUT2D eigenvalue weighted by Gasteiger charge is -2.46. The molecular weight excluding hydrogens is 857 g/mol. The number of hydrogen-bond donors (Lipinski definition) is 2. The summed E-state index contributed by atoms with van der Waals surface area (Å²) < 4.78 is 23.3. The van der Waals surface area contributed by atoms with Gasteiger partial charge in [-0.15, -0.1) is 0 Å². The number of hydrogen-bond acceptors (Lipinski definition) is 14. The molecule has 0 aliphatic carbocycles. The van der Waals surface area contributed by atoms with Gasteiger partial charge in [-0.1, -0.05) is 84.6 Å². The molecule has 16 heteroatoms. The van der Waals surface area contributed by atoms with E-state index in [0.29, 0.717) is 47.0 Å². The molecule has 3 fully saturated rings. The van der Waals surface area contributed by atoms with Crippen molar-refractivity contribution < 1.29 is 48.3 Å². The van der Waals surface area contributed by atoms with Crippen molar-refractivity contribution in [3.8, 4) is 17.6 Å². The number of imide groups is 1. The second kappa shape index (κ2) is 19.7. The van der Waals surface area contributed by atoms with E-state index in [9.17, 15) is 15.0 Å². The van der Waals surface area contributed by atoms with E-state index in [1.54, 1.807) is 65.8 Å². The summed E-state index contributed by atoms with van der Waals surface area (Å²) in [6, 6.07) is 29.3. The predicted molar refractivity (Wildman–Crippen MR) is 244 cm³/mol. The number of esters is 1. The number of cyclic esters (lactones) is 1. The van der Waals surface area contributed by atoms with E-state index in [4.69, 9.17) is 18.9 Å². The molecule has 0 saturated carbocycles. The lowest BCUT2D eigenvalue weighted by molar-refractivity contribution is -0.179. The SMILES string of the molecule is COCCOC(=O)N1C(=O)C2(c3cc(C#CCCO)ccc31)C(C(=O)N1CCN(c3ncccn3)CC1)C1C(=O)OC(c3ccccc3)C(c3ccccc3)N1C2c1ccc(OCCO)cc1. The van der Waals surface area contributed by atoms with Crippen molar-refractivity contribution in [2.24, 2.45) is 5.92 Å². The number of fused-ring (bicyclic) bond motifs is 3. The molecule has 5 heterocycles. The molecule has 4 aliphatic heterocycles. The third-order valence-electron chi connectivity index (χ3n) is 12.9. The zero-order valence-corrected chi connectivity index (χ0v) is 36.8. The zero-order valence-electron chi connectivity index (χ0n) is 36.8. The van der Waals surface area contributed by atoms with Crippen molar-refractivity contribution in [2.75, 3.05) is 76.1 Å². The first kappa shape index (κ1) is 45.0. The van der Waals surface area contributed by atoms with E-state index < -0.39 is 59.4 Å². The van der Waals surface area contributed by atoms with Gasteiger partial charge in [0, 0.05) is 57.7 Å². The maximum Gasteiger partial charge on any atom is 0.421 e. The van der Waals surface area contributed by atoms with Gasteiger partial charge < -0.3 is 39.0 Å². The van der Waals surface area contributed by atoms with E-state index in [1.807, 2.05) is 70.5 Å². The number of aromatic nitrogens is 2. The monoisotopic (exact) mass is 906 g/mol. The van der Waals surface area contributed by atoms with Crippen LogP contribution < -0.4 is 14.5 Å². The molecule has 2 N–H and O–H groups in total. The minimum absolute atomic E-state index is 0.0356. The number of rotatable bonds is 12. The molecule has 16 nitrogen and oxygen atoms in total. The molecule has 1 aromatic heterocycles. The summed E-state index contributed by atoms with van der Waals surface area (Å²) in [6.45, 7) is 0.672. The number of nitrogens with zero attached hydrogens (tertiary/aromatic N) is 6. The van der Waals surface area contributed by atoms with Gasteiger partial charge >= 0.3 is 12.1 Å². The summed E-state index contributed by atoms with van der Waals surface area (Å²) >= 11 is 0. The zero-order chi connectivity index (χ0) is 46.5. The third kappa shape index (κ3) is 8.25. The lowest BCUT2D eigenvalue weighted by Crippen LogP contribution is -2.59. The number of morpholine rings is 1. The fourth-order valence-corrected chi connectivity index (χ4v) is 10.1. The van der Waals surface area contributed by atoms with E-state index >= 15 is 14.4 Å². The van der Waals surface area contributed by atoms with Gasteiger partial charge in [0.05, 0.1) is 43.5 Å². The summed E-state index contributed by atoms with van der Waals surface area (Å²) in [7, 11) is 1.46. The van der Waals surface area contributed by atoms with E-state index in [1.165, 1.54) is 7.11 Å². The van der Waals surface area contributed by atoms with Crippen LogP contribution in [-0.2, 0) is 34.0 Å². The number of amides is 3. The first-order chi connectivity index (χ1) is 32.8. The van der Waals surface area contributed by atoms with Crippen LogP contribution in [-0.4, -0.2) is 126 Å². The standard InChI is InChI=1S/C51H50N6O10/c1-64-31-32-66-50(63)56-40-21-16-34(11-8-9-28-58)33-39(40)51(48(56)62)41(46(60)54-24-26-55(27-25-54)49-52-22-10-23-53-49)43-47(61)67-44(36-14-6-3-7-15-36)42(35-12-4-2-5-13-35)57(43)45(51)37-17-19-38(20-18-37)65-30-29-59/h2-7,10,12-23,33,41-45,58-59H,9,24-32H2,1H3. The Morgan fingerprint density at radius 1 is 0.791 bits per heavy atom. The van der Waals surface area contributed by atoms with Gasteiger partial charge in [0.2, 0.25) is 17.8 Å². The number of anilines is 2. The fourth-order valence-electron chi connectivity index (χ4n) is 10.1. The molecule has 0 radical (unpaired) electrons. The van der Waals surface area contributed by atoms with Crippen molar-refractivity contribution in [3.05, 3.63) is 149 Å². The molecule has 4 aliphatic rings. The van der Waals surface area contributed by atoms with Crippen LogP contribution in [0.2, 0.25) is 0 Å². The molecule has 3 amide bonds. The smallest absolute Gasteiger partial charge is 0.421 e. The Labute approximate surface area is 387 Å². The number of carbonyl (C=O) groups excluding carboxylic acids is 4. The number of carbonyl (C=O) groups is 4. The molecule has 4 aromatic carbocycles. The average Bonchev–Trinajstić information content (AvgIpc) is 3.83. The summed E-state index contributed by atoms with van der Waals surface area (Å²) in [5.41, 5.74) is 0.889. The van der Waals surface area contributed by atoms with Gasteiger partial charge in [-0.25, -0.2) is 19.7 Å². The van der Waals surface area contributed by atoms with Gasteiger partial charge in [0.1, 0.15) is 36.5 Å². The maximum atomic E-state index is 16.4. The van der Waals surface area contributed by atoms with E-state index in [0.717, 1.165) is 10.5 Å². The Hall–Kier alpha value is -7.16. The summed E-state index contributed by atoms with van der Waals surface area (Å²) in [4.78, 5) is 77.9. The highest BCUT2D eigenvalue weighted by Crippen LogP contribution is 2.66. The lowest BCUT2D eigenvalue weighted by atomic mass is 9.65. The van der Waals surface area contributed by atoms with Crippen LogP contribution in [0.25, 0.3) is 0 Å². The minimum Gasteiger partial charge on any atom is -0.491 e. The molecular formula is C51H50N6O10. The molecule has 3 saturated heterocycles. The Kier molecular flexibility index (Phi) is 13.3. The normalized spacial score (nSPS) is 23.3. The highest BCUT2D eigenvalue weighted by Gasteiger charge is 2.76. The second-order valence-corrected chi connectivity index (χ2v) is 16.5. The van der Waals surface area contributed by atoms with Crippen LogP contribution in [0.5, 0.6) is 5.75 Å². The van der Waals surface area contributed by atoms with Crippen molar-refractivity contribution in [1.82, 2.24) is 19.8 Å². The molecule has 6 unspecified atom stereocenters. The van der Waals surface area contributed by atoms with Crippen LogP contribution in [0.1, 0.15) is 52.4 Å². The topological polar surface area (TPSA) is 184 Å². The molecule has 0 bridgehead atoms. The Morgan fingerprint density at radius 2 is 1.49 bits per heavy atom. The van der Waals surface area contributed by atoms with Gasteiger partial charge in [-0.3, -0.25) is 19.3 Å². The van der Waals surface area contributed by atoms with E-state index in [2.05, 4.69) is 21.8 Å². The molecule has 344 valence electrons. The Bertz CT molecular complexity index is 2640. The van der Waals surface area contributed by atoms with Gasteiger partial charge in [0.25, 0.3) is 0 Å². The van der Waals surface area contributed by atoms with Crippen molar-refractivity contribution in [1.29, 1.82) is 0 Å². The number of aliphatic hydroxyl groups excluding tert-OH is 2. The van der Waals surface area contributed by atoms with Crippen molar-refractivity contribution in [3.63, 3.8) is 0 Å². The number of ether oxygens (including phenoxy) is 4. The first-order valence-corrected chi connectivity index (χ1v) is 22.3. The Balaban J connectivity index is 1.31. The second-order valence-electron chi connectivity index (χ2n) is 16.5. The molecule has 67 heavy (non-hydrogen) atoms. The third-order valence-corrected chi connectivity index (χ3v) is 12.9. The van der Waals surface area contributed by atoms with Gasteiger partial charge in [0.15, 0.2) is 0 Å². The Morgan fingerprint density at radius 3 is 2.16 bits per heavy atom. The summed E-state index contributed by atoms with van der Waals surface area (Å²) in [5.74, 6) is 3.57. The summed E-state index contributed by atoms with van der Waals surface area (Å²) in [5, 5.41) is 19.2. The fraction of sp³-hybridized carbons (Fsp3) is 0.333. The van der Waals surface area contributed by atoms with Gasteiger partial charge in [-0.05, 0) is 58.7 Å². The molecule has 9 rings (SSSR count). The van der Waals surface area contributed by atoms with Crippen LogP contribution in [0.3, 0.4) is 0 Å². The number of benzene rings is 4. The minimum atomic E-state index is -2.02. The first-order valence-electron chi connectivity index (χ1n) is 22.3. The number of piperazine rings is 1. The van der Waals surface area contributed by atoms with E-state index in [-0.39, 0.29) is 58.2 Å². The largest absolute Gasteiger partial charge is 0.491 e. The summed E-state index contributed by atoms with van der Waals surface area (Å²) in [6.07, 6.45) is 1.59. The molecule has 5 aromatic rings. The molecule has 6 atom stereocenters. The molecule has 1 spiro atoms. The van der Waals surface area contributed by atoms with Crippen molar-refractivity contribution in [2.45, 2.75) is 36.1 Å². The predicted octanol–water partition coefficient (Wildman–Crippen LogP) is 4.38. The van der Waals surface area contributed by atoms with Crippen LogP contribution in [0, 0.1) is 17.8 Å². The quantitative estimate of drug-likeness (QED) is 0.102. The highest BCUT2D eigenvalue weighted by atomic mass is 16.6. The van der Waals surface area contributed by atoms with Crippen molar-refractivity contribution >= 4 is 35.5 Å². The van der Waals surface area contributed by atoms with Crippen LogP contribution in [0.15, 0.2) is 122 Å². The van der Waals surface area contributed by atoms with Gasteiger partial charge in [-0.2, -0.15) is 0 Å². The number of methoxy groups -OCH3 is 1.